The summed E-state index contributed by atoms with van der Waals surface area (Å²) in [6.45, 7) is 0. The minimum absolute atomic E-state index is 0.163. The number of carbonyl (C=O) groups is 3. The van der Waals surface area contributed by atoms with Gasteiger partial charge in [-0.3, -0.25) is 14.4 Å². The maximum atomic E-state index is 12.4. The lowest BCUT2D eigenvalue weighted by molar-refractivity contribution is 0.0775. The highest BCUT2D eigenvalue weighted by Gasteiger charge is 2.26. The maximum Gasteiger partial charge on any atom is 0.254 e. The summed E-state index contributed by atoms with van der Waals surface area (Å²) in [5, 5.41) is 0. The Bertz CT molecular complexity index is 545. The summed E-state index contributed by atoms with van der Waals surface area (Å²) in [6.07, 6.45) is 0. The van der Waals surface area contributed by atoms with Crippen molar-refractivity contribution in [3.63, 3.8) is 0 Å². The molecule has 3 amide bonds. The molecule has 0 bridgehead atoms. The van der Waals surface area contributed by atoms with E-state index in [-0.39, 0.29) is 34.4 Å². The average Bonchev–Trinajstić information content (AvgIpc) is 2.43. The molecule has 0 fully saturated rings. The first-order chi connectivity index (χ1) is 9.68. The minimum Gasteiger partial charge on any atom is -0.345 e. The van der Waals surface area contributed by atoms with E-state index in [1.807, 2.05) is 0 Å². The Labute approximate surface area is 126 Å². The highest BCUT2D eigenvalue weighted by molar-refractivity contribution is 7.28. The van der Waals surface area contributed by atoms with E-state index in [4.69, 9.17) is 0 Å². The third-order valence-corrected chi connectivity index (χ3v) is 3.65. The van der Waals surface area contributed by atoms with Crippen LogP contribution in [-0.2, 0) is 0 Å². The molecule has 0 saturated carbocycles. The highest BCUT2D eigenvalue weighted by Crippen LogP contribution is 2.24. The monoisotopic (exact) mass is 309 g/mol. The molecule has 0 aromatic carbocycles. The fraction of sp³-hybridized carbons (Fsp3) is 0.429. The molecule has 0 aliphatic heterocycles. The fourth-order valence-electron chi connectivity index (χ4n) is 1.72. The predicted octanol–water partition coefficient (Wildman–Crippen LogP) is 1.37. The van der Waals surface area contributed by atoms with Crippen LogP contribution in [0.1, 0.15) is 31.1 Å². The highest BCUT2D eigenvalue weighted by atomic mass is 31.0. The third kappa shape index (κ3) is 3.58. The second-order valence-electron chi connectivity index (χ2n) is 5.21. The van der Waals surface area contributed by atoms with Crippen LogP contribution >= 0.6 is 8.19 Å². The van der Waals surface area contributed by atoms with Crippen molar-refractivity contribution in [3.05, 3.63) is 28.3 Å². The van der Waals surface area contributed by atoms with E-state index in [1.165, 1.54) is 14.7 Å². The molecule has 0 atom stereocenters. The van der Waals surface area contributed by atoms with Gasteiger partial charge in [0.05, 0.1) is 16.7 Å². The first kappa shape index (κ1) is 17.1. The van der Waals surface area contributed by atoms with Gasteiger partial charge in [0.1, 0.15) is 0 Å². The Morgan fingerprint density at radius 3 is 1.33 bits per heavy atom. The van der Waals surface area contributed by atoms with Crippen molar-refractivity contribution in [2.24, 2.45) is 0 Å². The molecule has 0 aliphatic carbocycles. The van der Waals surface area contributed by atoms with Gasteiger partial charge < -0.3 is 14.7 Å². The Morgan fingerprint density at radius 1 is 0.714 bits per heavy atom. The number of amides is 3. The predicted molar refractivity (Wildman–Crippen MR) is 83.0 cm³/mol. The third-order valence-electron chi connectivity index (χ3n) is 2.84. The van der Waals surface area contributed by atoms with Crippen molar-refractivity contribution in [2.45, 2.75) is 0 Å². The van der Waals surface area contributed by atoms with Crippen molar-refractivity contribution in [3.8, 4) is 0 Å². The summed E-state index contributed by atoms with van der Waals surface area (Å²) in [5.74, 6) is 2.39. The van der Waals surface area contributed by atoms with Gasteiger partial charge >= 0.3 is 0 Å². The van der Waals surface area contributed by atoms with E-state index in [0.29, 0.717) is 8.19 Å². The summed E-state index contributed by atoms with van der Waals surface area (Å²) >= 11 is 0. The largest absolute Gasteiger partial charge is 0.345 e. The van der Waals surface area contributed by atoms with Gasteiger partial charge in [0.25, 0.3) is 17.7 Å². The topological polar surface area (TPSA) is 60.9 Å². The van der Waals surface area contributed by atoms with Gasteiger partial charge in [-0.15, -0.1) is 0 Å². The molecule has 0 radical (unpaired) electrons. The molecule has 1 rings (SSSR count). The van der Waals surface area contributed by atoms with E-state index in [2.05, 4.69) is 0 Å². The smallest absolute Gasteiger partial charge is 0.254 e. The Hall–Kier alpha value is -1.94. The number of rotatable bonds is 3. The molecule has 0 saturated heterocycles. The number of nitrogens with zero attached hydrogens (tertiary/aromatic N) is 3. The maximum absolute atomic E-state index is 12.4. The second-order valence-corrected chi connectivity index (χ2v) is 6.02. The van der Waals surface area contributed by atoms with Gasteiger partial charge in [-0.05, 0) is 11.6 Å². The van der Waals surface area contributed by atoms with Crippen LogP contribution in [0.3, 0.4) is 0 Å². The molecule has 114 valence electrons. The van der Waals surface area contributed by atoms with Crippen molar-refractivity contribution < 1.29 is 14.4 Å². The first-order valence-corrected chi connectivity index (χ1v) is 7.34. The van der Waals surface area contributed by atoms with Crippen LogP contribution in [0.4, 0.5) is 0 Å². The average molecular weight is 309 g/mol. The van der Waals surface area contributed by atoms with E-state index >= 15 is 0 Å². The molecule has 1 aromatic heterocycles. The summed E-state index contributed by atoms with van der Waals surface area (Å²) in [7, 11) is 10.4. The van der Waals surface area contributed by atoms with E-state index < -0.39 is 0 Å². The Morgan fingerprint density at radius 2 is 1.05 bits per heavy atom. The summed E-state index contributed by atoms with van der Waals surface area (Å²) < 4.78 is 0. The van der Waals surface area contributed by atoms with Crippen molar-refractivity contribution in [1.29, 1.82) is 0 Å². The molecule has 1 heterocycles. The van der Waals surface area contributed by atoms with Gasteiger partial charge in [0.15, 0.2) is 0 Å². The van der Waals surface area contributed by atoms with Crippen LogP contribution < -0.4 is 0 Å². The molecule has 1 aromatic rings. The standard InChI is InChI=1S/C14H20N3O3P/c1-15(2)12(18)9-7-21-8-10(13(19)16(3)4)11(9)14(20)17(5)6/h7-8H,1-6H3. The van der Waals surface area contributed by atoms with Crippen molar-refractivity contribution >= 4 is 25.9 Å². The van der Waals surface area contributed by atoms with Gasteiger partial charge in [0.2, 0.25) is 0 Å². The van der Waals surface area contributed by atoms with E-state index in [1.54, 1.807) is 53.9 Å². The van der Waals surface area contributed by atoms with Gasteiger partial charge in [-0.2, -0.15) is 0 Å². The Balaban J connectivity index is 3.60. The quantitative estimate of drug-likeness (QED) is 0.847. The zero-order valence-corrected chi connectivity index (χ0v) is 14.1. The lowest BCUT2D eigenvalue weighted by atomic mass is 10.0. The molecular formula is C14H20N3O3P. The number of hydrogen-bond acceptors (Lipinski definition) is 3. The molecule has 21 heavy (non-hydrogen) atoms. The lowest BCUT2D eigenvalue weighted by Gasteiger charge is -2.20. The van der Waals surface area contributed by atoms with E-state index in [9.17, 15) is 14.4 Å². The van der Waals surface area contributed by atoms with Crippen molar-refractivity contribution in [2.75, 3.05) is 42.3 Å². The summed E-state index contributed by atoms with van der Waals surface area (Å²) in [5.41, 5.74) is 0.706. The zero-order valence-electron chi connectivity index (χ0n) is 13.2. The molecule has 0 spiro atoms. The number of hydrogen-bond donors (Lipinski definition) is 0. The SMILES string of the molecule is CN(C)C(=O)c1cpcc(C(=O)N(C)C)c1C(=O)N(C)C. The molecule has 0 unspecified atom stereocenters. The number of carbonyl (C=O) groups excluding carboxylic acids is 3. The van der Waals surface area contributed by atoms with Gasteiger partial charge in [-0.1, -0.05) is 8.19 Å². The molecule has 0 aliphatic rings. The lowest BCUT2D eigenvalue weighted by Crippen LogP contribution is -2.32. The van der Waals surface area contributed by atoms with Gasteiger partial charge in [-0.25, -0.2) is 0 Å². The summed E-state index contributed by atoms with van der Waals surface area (Å²) in [6, 6.07) is 0. The van der Waals surface area contributed by atoms with Crippen LogP contribution in [-0.4, -0.2) is 74.7 Å². The fourth-order valence-corrected chi connectivity index (χ4v) is 2.57. The van der Waals surface area contributed by atoms with Crippen molar-refractivity contribution in [1.82, 2.24) is 14.7 Å². The summed E-state index contributed by atoms with van der Waals surface area (Å²) in [4.78, 5) is 41.2. The minimum atomic E-state index is -0.354. The van der Waals surface area contributed by atoms with Crippen LogP contribution in [0.2, 0.25) is 0 Å². The van der Waals surface area contributed by atoms with Crippen LogP contribution in [0.5, 0.6) is 0 Å². The molecule has 6 nitrogen and oxygen atoms in total. The molecular weight excluding hydrogens is 289 g/mol. The first-order valence-electron chi connectivity index (χ1n) is 6.31. The van der Waals surface area contributed by atoms with E-state index in [0.717, 1.165) is 0 Å². The molecule has 7 heteroatoms. The van der Waals surface area contributed by atoms with Crippen LogP contribution in [0, 0.1) is 0 Å². The molecule has 0 N–H and O–H groups in total. The Kier molecular flexibility index (Phi) is 5.44. The van der Waals surface area contributed by atoms with Crippen LogP contribution in [0.15, 0.2) is 11.6 Å². The van der Waals surface area contributed by atoms with Gasteiger partial charge in [0, 0.05) is 42.3 Å². The second kappa shape index (κ2) is 6.68. The van der Waals surface area contributed by atoms with Crippen LogP contribution in [0.25, 0.3) is 0 Å². The zero-order chi connectivity index (χ0) is 16.3. The normalized spacial score (nSPS) is 10.0.